The van der Waals surface area contributed by atoms with Crippen molar-refractivity contribution < 1.29 is 4.74 Å². The molecule has 2 aromatic rings. The lowest BCUT2D eigenvalue weighted by Gasteiger charge is -2.33. The molecule has 1 atom stereocenters. The van der Waals surface area contributed by atoms with E-state index in [1.807, 2.05) is 12.4 Å². The summed E-state index contributed by atoms with van der Waals surface area (Å²) in [6.45, 7) is 3.53. The number of pyridine rings is 1. The van der Waals surface area contributed by atoms with Crippen LogP contribution < -0.4 is 16.0 Å². The fraction of sp³-hybridized carbons (Fsp3) is 0.562. The third-order valence-corrected chi connectivity index (χ3v) is 4.82. The Morgan fingerprint density at radius 1 is 1.57 bits per heavy atom. The van der Waals surface area contributed by atoms with Gasteiger partial charge in [0.25, 0.3) is 0 Å². The monoisotopic (exact) mass is 381 g/mol. The summed E-state index contributed by atoms with van der Waals surface area (Å²) in [6, 6.07) is 0.232. The number of nitrogens with two attached hydrogens (primary N) is 1. The van der Waals surface area contributed by atoms with Gasteiger partial charge in [0.2, 0.25) is 0 Å². The zero-order valence-electron chi connectivity index (χ0n) is 13.4. The van der Waals surface area contributed by atoms with Gasteiger partial charge in [-0.2, -0.15) is 0 Å². The van der Waals surface area contributed by atoms with Crippen LogP contribution in [0.1, 0.15) is 19.3 Å². The number of hydrogen-bond donors (Lipinski definition) is 3. The van der Waals surface area contributed by atoms with Crippen LogP contribution in [0.2, 0.25) is 0 Å². The minimum atomic E-state index is 0.232. The number of aromatic nitrogens is 2. The molecule has 126 valence electrons. The quantitative estimate of drug-likeness (QED) is 0.670. The Morgan fingerprint density at radius 2 is 2.43 bits per heavy atom. The second-order valence-corrected chi connectivity index (χ2v) is 6.86. The van der Waals surface area contributed by atoms with Crippen molar-refractivity contribution in [1.82, 2.24) is 9.97 Å². The van der Waals surface area contributed by atoms with Gasteiger partial charge in [-0.25, -0.2) is 4.98 Å². The topological polar surface area (TPSA) is 79.2 Å². The van der Waals surface area contributed by atoms with E-state index in [1.54, 1.807) is 7.11 Å². The van der Waals surface area contributed by atoms with E-state index in [-0.39, 0.29) is 6.04 Å². The average molecular weight is 382 g/mol. The second-order valence-electron chi connectivity index (χ2n) is 6.00. The smallest absolute Gasteiger partial charge is 0.141 e. The molecule has 0 radical (unpaired) electrons. The van der Waals surface area contributed by atoms with Gasteiger partial charge in [-0.3, -0.25) is 0 Å². The highest BCUT2D eigenvalue weighted by Gasteiger charge is 2.23. The van der Waals surface area contributed by atoms with Gasteiger partial charge in [0.15, 0.2) is 0 Å². The summed E-state index contributed by atoms with van der Waals surface area (Å²) in [6.07, 6.45) is 7.04. The third kappa shape index (κ3) is 3.62. The average Bonchev–Trinajstić information content (AvgIpc) is 2.94. The highest BCUT2D eigenvalue weighted by atomic mass is 79.9. The molecule has 3 rings (SSSR count). The van der Waals surface area contributed by atoms with Crippen LogP contribution in [0.3, 0.4) is 0 Å². The van der Waals surface area contributed by atoms with Crippen molar-refractivity contribution in [3.8, 4) is 0 Å². The van der Waals surface area contributed by atoms with Gasteiger partial charge in [-0.15, -0.1) is 0 Å². The minimum absolute atomic E-state index is 0.232. The first-order valence-electron chi connectivity index (χ1n) is 8.09. The fourth-order valence-corrected chi connectivity index (χ4v) is 3.71. The molecule has 3 heterocycles. The van der Waals surface area contributed by atoms with E-state index in [2.05, 4.69) is 36.1 Å². The Bertz CT molecular complexity index is 659. The molecule has 1 fully saturated rings. The summed E-state index contributed by atoms with van der Waals surface area (Å²) < 4.78 is 6.12. The van der Waals surface area contributed by atoms with E-state index in [9.17, 15) is 0 Å². The largest absolute Gasteiger partial charge is 0.385 e. The van der Waals surface area contributed by atoms with Crippen LogP contribution in [0.4, 0.5) is 11.4 Å². The van der Waals surface area contributed by atoms with Crippen molar-refractivity contribution in [1.29, 1.82) is 0 Å². The molecular formula is C16H24BrN5O. The van der Waals surface area contributed by atoms with Crippen LogP contribution in [0.5, 0.6) is 0 Å². The molecule has 0 bridgehead atoms. The summed E-state index contributed by atoms with van der Waals surface area (Å²) in [5.74, 6) is 0. The second kappa shape index (κ2) is 7.51. The van der Waals surface area contributed by atoms with E-state index >= 15 is 0 Å². The number of nitrogens with one attached hydrogen (secondary N) is 2. The molecule has 2 aromatic heterocycles. The highest BCUT2D eigenvalue weighted by Crippen LogP contribution is 2.38. The first kappa shape index (κ1) is 16.5. The van der Waals surface area contributed by atoms with Gasteiger partial charge < -0.3 is 25.7 Å². The molecule has 0 aliphatic carbocycles. The molecule has 4 N–H and O–H groups in total. The SMILES string of the molecule is COCCCNc1c[nH]c2ncc(Br)c(N3CCC[C@@H](N)C3)c12. The van der Waals surface area contributed by atoms with E-state index in [0.717, 1.165) is 66.7 Å². The Balaban J connectivity index is 1.91. The van der Waals surface area contributed by atoms with Crippen molar-refractivity contribution in [3.63, 3.8) is 0 Å². The fourth-order valence-electron chi connectivity index (χ4n) is 3.16. The van der Waals surface area contributed by atoms with Crippen molar-refractivity contribution in [3.05, 3.63) is 16.9 Å². The van der Waals surface area contributed by atoms with Crippen LogP contribution >= 0.6 is 15.9 Å². The number of nitrogens with zero attached hydrogens (tertiary/aromatic N) is 2. The molecule has 0 amide bonds. The Kier molecular flexibility index (Phi) is 5.40. The molecule has 1 saturated heterocycles. The molecule has 0 spiro atoms. The van der Waals surface area contributed by atoms with Gasteiger partial charge in [-0.05, 0) is 35.2 Å². The lowest BCUT2D eigenvalue weighted by atomic mass is 10.1. The Morgan fingerprint density at radius 3 is 3.22 bits per heavy atom. The number of methoxy groups -OCH3 is 1. The van der Waals surface area contributed by atoms with Crippen LogP contribution in [-0.4, -0.2) is 49.4 Å². The van der Waals surface area contributed by atoms with E-state index in [1.165, 1.54) is 5.69 Å². The summed E-state index contributed by atoms with van der Waals surface area (Å²) in [4.78, 5) is 10.1. The van der Waals surface area contributed by atoms with Crippen molar-refractivity contribution in [2.75, 3.05) is 43.6 Å². The number of H-pyrrole nitrogens is 1. The predicted octanol–water partition coefficient (Wildman–Crippen LogP) is 2.70. The molecule has 6 nitrogen and oxygen atoms in total. The number of hydrogen-bond acceptors (Lipinski definition) is 5. The highest BCUT2D eigenvalue weighted by molar-refractivity contribution is 9.10. The van der Waals surface area contributed by atoms with Crippen LogP contribution in [0.15, 0.2) is 16.9 Å². The minimum Gasteiger partial charge on any atom is -0.385 e. The maximum Gasteiger partial charge on any atom is 0.141 e. The van der Waals surface area contributed by atoms with E-state index < -0.39 is 0 Å². The molecule has 0 aromatic carbocycles. The Hall–Kier alpha value is -1.31. The van der Waals surface area contributed by atoms with Crippen LogP contribution in [0.25, 0.3) is 11.0 Å². The van der Waals surface area contributed by atoms with Gasteiger partial charge >= 0.3 is 0 Å². The first-order chi connectivity index (χ1) is 11.2. The number of aromatic amines is 1. The van der Waals surface area contributed by atoms with Gasteiger partial charge in [0, 0.05) is 51.8 Å². The van der Waals surface area contributed by atoms with Gasteiger partial charge in [-0.1, -0.05) is 0 Å². The van der Waals surface area contributed by atoms with E-state index in [4.69, 9.17) is 10.5 Å². The lowest BCUT2D eigenvalue weighted by molar-refractivity contribution is 0.198. The molecular weight excluding hydrogens is 358 g/mol. The van der Waals surface area contributed by atoms with Gasteiger partial charge in [0.05, 0.1) is 21.2 Å². The van der Waals surface area contributed by atoms with Crippen molar-refractivity contribution >= 4 is 38.3 Å². The maximum absolute atomic E-state index is 6.17. The molecule has 1 aliphatic heterocycles. The normalized spacial score (nSPS) is 18.6. The summed E-state index contributed by atoms with van der Waals surface area (Å²) >= 11 is 3.68. The molecule has 0 saturated carbocycles. The third-order valence-electron chi connectivity index (χ3n) is 4.24. The predicted molar refractivity (Wildman–Crippen MR) is 98.2 cm³/mol. The van der Waals surface area contributed by atoms with Gasteiger partial charge in [0.1, 0.15) is 5.65 Å². The summed E-state index contributed by atoms with van der Waals surface area (Å²) in [5, 5.41) is 4.62. The zero-order chi connectivity index (χ0) is 16.2. The number of ether oxygens (including phenoxy) is 1. The number of rotatable bonds is 6. The lowest BCUT2D eigenvalue weighted by Crippen LogP contribution is -2.43. The van der Waals surface area contributed by atoms with E-state index in [0.29, 0.717) is 0 Å². The number of fused-ring (bicyclic) bond motifs is 1. The molecule has 0 unspecified atom stereocenters. The van der Waals surface area contributed by atoms with Crippen molar-refractivity contribution in [2.24, 2.45) is 5.73 Å². The zero-order valence-corrected chi connectivity index (χ0v) is 15.0. The van der Waals surface area contributed by atoms with Crippen LogP contribution in [0, 0.1) is 0 Å². The van der Waals surface area contributed by atoms with Crippen molar-refractivity contribution in [2.45, 2.75) is 25.3 Å². The maximum atomic E-state index is 6.17. The molecule has 23 heavy (non-hydrogen) atoms. The molecule has 7 heteroatoms. The van der Waals surface area contributed by atoms with Crippen LogP contribution in [-0.2, 0) is 4.74 Å². The summed E-state index contributed by atoms with van der Waals surface area (Å²) in [5.41, 5.74) is 9.34. The summed E-state index contributed by atoms with van der Waals surface area (Å²) in [7, 11) is 1.73. The number of piperidine rings is 1. The number of halogens is 1. The molecule has 1 aliphatic rings. The number of anilines is 2. The standard InChI is InChI=1S/C16H24BrN5O/c1-23-7-3-5-19-13-9-21-16-14(13)15(12(17)8-20-16)22-6-2-4-11(18)10-22/h8-9,11,19H,2-7,10,18H2,1H3,(H,20,21)/t11-/m1/s1. The Labute approximate surface area is 144 Å². The first-order valence-corrected chi connectivity index (χ1v) is 8.89.